The Bertz CT molecular complexity index is 492. The fraction of sp³-hybridized carbons (Fsp3) is 0. The SMILES string of the molecule is Nc1c(-c2ccncc2)nc[nH]c1=O. The van der Waals surface area contributed by atoms with E-state index in [-0.39, 0.29) is 11.2 Å². The second-order valence-electron chi connectivity index (χ2n) is 2.73. The van der Waals surface area contributed by atoms with Crippen LogP contribution in [-0.4, -0.2) is 15.0 Å². The molecule has 0 amide bonds. The Labute approximate surface area is 79.6 Å². The Hall–Kier alpha value is -2.17. The van der Waals surface area contributed by atoms with Crippen molar-refractivity contribution in [2.75, 3.05) is 5.73 Å². The highest BCUT2D eigenvalue weighted by atomic mass is 16.1. The van der Waals surface area contributed by atoms with E-state index < -0.39 is 0 Å². The van der Waals surface area contributed by atoms with E-state index in [9.17, 15) is 4.79 Å². The summed E-state index contributed by atoms with van der Waals surface area (Å²) < 4.78 is 0. The van der Waals surface area contributed by atoms with Crippen molar-refractivity contribution in [2.24, 2.45) is 0 Å². The van der Waals surface area contributed by atoms with Gasteiger partial charge in [-0.1, -0.05) is 0 Å². The third-order valence-corrected chi connectivity index (χ3v) is 1.84. The molecule has 0 aliphatic rings. The monoisotopic (exact) mass is 188 g/mol. The minimum Gasteiger partial charge on any atom is -0.392 e. The molecular formula is C9H8N4O. The topological polar surface area (TPSA) is 84.7 Å². The number of hydrogen-bond donors (Lipinski definition) is 2. The van der Waals surface area contributed by atoms with Crippen molar-refractivity contribution in [3.63, 3.8) is 0 Å². The van der Waals surface area contributed by atoms with Gasteiger partial charge in [-0.15, -0.1) is 0 Å². The van der Waals surface area contributed by atoms with Gasteiger partial charge < -0.3 is 10.7 Å². The molecule has 3 N–H and O–H groups in total. The molecule has 0 spiro atoms. The number of aromatic amines is 1. The first-order valence-corrected chi connectivity index (χ1v) is 4.02. The average Bonchev–Trinajstić information content (AvgIpc) is 2.23. The van der Waals surface area contributed by atoms with Crippen LogP contribution in [0.3, 0.4) is 0 Å². The number of anilines is 1. The van der Waals surface area contributed by atoms with E-state index in [1.54, 1.807) is 24.5 Å². The van der Waals surface area contributed by atoms with Crippen LogP contribution in [0.25, 0.3) is 11.3 Å². The second kappa shape index (κ2) is 3.29. The van der Waals surface area contributed by atoms with Crippen molar-refractivity contribution < 1.29 is 0 Å². The van der Waals surface area contributed by atoms with Gasteiger partial charge in [0.25, 0.3) is 5.56 Å². The summed E-state index contributed by atoms with van der Waals surface area (Å²) in [6.45, 7) is 0. The minimum atomic E-state index is -0.327. The number of rotatable bonds is 1. The van der Waals surface area contributed by atoms with Crippen molar-refractivity contribution in [3.05, 3.63) is 41.2 Å². The van der Waals surface area contributed by atoms with Crippen LogP contribution in [0.2, 0.25) is 0 Å². The zero-order valence-corrected chi connectivity index (χ0v) is 7.27. The molecule has 2 aromatic heterocycles. The van der Waals surface area contributed by atoms with E-state index in [1.807, 2.05) is 0 Å². The van der Waals surface area contributed by atoms with Gasteiger partial charge in [0.05, 0.1) is 6.33 Å². The first-order chi connectivity index (χ1) is 6.79. The number of nitrogen functional groups attached to an aromatic ring is 1. The lowest BCUT2D eigenvalue weighted by molar-refractivity contribution is 1.13. The van der Waals surface area contributed by atoms with Gasteiger partial charge in [0.2, 0.25) is 0 Å². The lowest BCUT2D eigenvalue weighted by Crippen LogP contribution is -2.13. The number of nitrogens with zero attached hydrogens (tertiary/aromatic N) is 2. The molecule has 70 valence electrons. The van der Waals surface area contributed by atoms with Gasteiger partial charge in [-0.3, -0.25) is 9.78 Å². The highest BCUT2D eigenvalue weighted by Crippen LogP contribution is 2.17. The maximum atomic E-state index is 11.2. The molecule has 0 aliphatic carbocycles. The van der Waals surface area contributed by atoms with Gasteiger partial charge in [0.1, 0.15) is 11.4 Å². The van der Waals surface area contributed by atoms with Crippen molar-refractivity contribution in [3.8, 4) is 11.3 Å². The van der Waals surface area contributed by atoms with Crippen molar-refractivity contribution >= 4 is 5.69 Å². The highest BCUT2D eigenvalue weighted by Gasteiger charge is 2.05. The predicted octanol–water partition coefficient (Wildman–Crippen LogP) is 0.414. The summed E-state index contributed by atoms with van der Waals surface area (Å²) in [5, 5.41) is 0. The number of nitrogens with two attached hydrogens (primary N) is 1. The van der Waals surface area contributed by atoms with Crippen LogP contribution in [0.15, 0.2) is 35.6 Å². The second-order valence-corrected chi connectivity index (χ2v) is 2.73. The predicted molar refractivity (Wildman–Crippen MR) is 52.5 cm³/mol. The summed E-state index contributed by atoms with van der Waals surface area (Å²) in [6, 6.07) is 3.50. The van der Waals surface area contributed by atoms with Crippen LogP contribution < -0.4 is 11.3 Å². The summed E-state index contributed by atoms with van der Waals surface area (Å²) in [5.41, 5.74) is 6.65. The molecule has 0 bridgehead atoms. The van der Waals surface area contributed by atoms with E-state index in [4.69, 9.17) is 5.73 Å². The molecule has 0 saturated carbocycles. The fourth-order valence-corrected chi connectivity index (χ4v) is 1.15. The molecule has 5 nitrogen and oxygen atoms in total. The highest BCUT2D eigenvalue weighted by molar-refractivity contribution is 5.70. The number of pyridine rings is 1. The van der Waals surface area contributed by atoms with Gasteiger partial charge in [0.15, 0.2) is 0 Å². The Morgan fingerprint density at radius 3 is 2.71 bits per heavy atom. The van der Waals surface area contributed by atoms with Crippen LogP contribution in [0, 0.1) is 0 Å². The van der Waals surface area contributed by atoms with Crippen molar-refractivity contribution in [2.45, 2.75) is 0 Å². The van der Waals surface area contributed by atoms with Crippen molar-refractivity contribution in [1.82, 2.24) is 15.0 Å². The molecule has 2 rings (SSSR count). The number of nitrogens with one attached hydrogen (secondary N) is 1. The largest absolute Gasteiger partial charge is 0.392 e. The van der Waals surface area contributed by atoms with Crippen LogP contribution in [0.5, 0.6) is 0 Å². The summed E-state index contributed by atoms with van der Waals surface area (Å²) >= 11 is 0. The van der Waals surface area contributed by atoms with Crippen LogP contribution in [0.4, 0.5) is 5.69 Å². The molecule has 2 heterocycles. The third kappa shape index (κ3) is 1.35. The van der Waals surface area contributed by atoms with E-state index in [0.29, 0.717) is 5.69 Å². The zero-order valence-electron chi connectivity index (χ0n) is 7.27. The molecule has 0 saturated heterocycles. The molecule has 14 heavy (non-hydrogen) atoms. The molecular weight excluding hydrogens is 180 g/mol. The van der Waals surface area contributed by atoms with E-state index in [1.165, 1.54) is 6.33 Å². The third-order valence-electron chi connectivity index (χ3n) is 1.84. The molecule has 0 radical (unpaired) electrons. The number of aromatic nitrogens is 3. The van der Waals surface area contributed by atoms with E-state index in [2.05, 4.69) is 15.0 Å². The molecule has 0 aromatic carbocycles. The van der Waals surface area contributed by atoms with Gasteiger partial charge >= 0.3 is 0 Å². The normalized spacial score (nSPS) is 10.0. The lowest BCUT2D eigenvalue weighted by atomic mass is 10.2. The molecule has 5 heteroatoms. The van der Waals surface area contributed by atoms with Gasteiger partial charge in [-0.2, -0.15) is 0 Å². The Morgan fingerprint density at radius 2 is 2.00 bits per heavy atom. The number of hydrogen-bond acceptors (Lipinski definition) is 4. The van der Waals surface area contributed by atoms with Gasteiger partial charge in [0, 0.05) is 18.0 Å². The van der Waals surface area contributed by atoms with Gasteiger partial charge in [-0.25, -0.2) is 4.98 Å². The quantitative estimate of drug-likeness (QED) is 0.679. The Kier molecular flexibility index (Phi) is 1.98. The Morgan fingerprint density at radius 1 is 1.29 bits per heavy atom. The first kappa shape index (κ1) is 8.43. The molecule has 0 unspecified atom stereocenters. The Balaban J connectivity index is 2.64. The van der Waals surface area contributed by atoms with Crippen LogP contribution in [-0.2, 0) is 0 Å². The maximum absolute atomic E-state index is 11.2. The summed E-state index contributed by atoms with van der Waals surface area (Å²) in [5.74, 6) is 0. The van der Waals surface area contributed by atoms with E-state index >= 15 is 0 Å². The minimum absolute atomic E-state index is 0.124. The lowest BCUT2D eigenvalue weighted by Gasteiger charge is -2.01. The standard InChI is InChI=1S/C9H8N4O/c10-7-8(12-5-13-9(7)14)6-1-3-11-4-2-6/h1-5H,10H2,(H,12,13,14). The maximum Gasteiger partial charge on any atom is 0.274 e. The molecule has 0 aliphatic heterocycles. The smallest absolute Gasteiger partial charge is 0.274 e. The molecule has 2 aromatic rings. The van der Waals surface area contributed by atoms with E-state index in [0.717, 1.165) is 5.56 Å². The number of H-pyrrole nitrogens is 1. The summed E-state index contributed by atoms with van der Waals surface area (Å²) in [7, 11) is 0. The van der Waals surface area contributed by atoms with Crippen LogP contribution >= 0.6 is 0 Å². The van der Waals surface area contributed by atoms with Gasteiger partial charge in [-0.05, 0) is 12.1 Å². The summed E-state index contributed by atoms with van der Waals surface area (Å²) in [6.07, 6.45) is 4.57. The van der Waals surface area contributed by atoms with Crippen LogP contribution in [0.1, 0.15) is 0 Å². The molecule has 0 atom stereocenters. The average molecular weight is 188 g/mol. The van der Waals surface area contributed by atoms with Crippen molar-refractivity contribution in [1.29, 1.82) is 0 Å². The first-order valence-electron chi connectivity index (χ1n) is 4.02. The fourth-order valence-electron chi connectivity index (χ4n) is 1.15. The molecule has 0 fully saturated rings. The summed E-state index contributed by atoms with van der Waals surface area (Å²) in [4.78, 5) is 21.4. The zero-order chi connectivity index (χ0) is 9.97.